The van der Waals surface area contributed by atoms with E-state index in [0.717, 1.165) is 32.3 Å². The highest BCUT2D eigenvalue weighted by Crippen LogP contribution is 2.12. The molecule has 0 aliphatic carbocycles. The third-order valence-corrected chi connectivity index (χ3v) is 2.12. The van der Waals surface area contributed by atoms with Gasteiger partial charge in [-0.05, 0) is 0 Å². The molecule has 2 unspecified atom stereocenters. The molecule has 0 amide bonds. The van der Waals surface area contributed by atoms with Crippen LogP contribution in [0.15, 0.2) is 0 Å². The lowest BCUT2D eigenvalue weighted by atomic mass is 10.0. The highest BCUT2D eigenvalue weighted by Gasteiger charge is 2.29. The molecule has 0 aromatic rings. The monoisotopic (exact) mass is 128 g/mol. The molecule has 2 aliphatic rings. The van der Waals surface area contributed by atoms with Gasteiger partial charge in [0, 0.05) is 25.0 Å². The van der Waals surface area contributed by atoms with E-state index >= 15 is 0 Å². The molecule has 0 aromatic heterocycles. The Labute approximate surface area is 54.8 Å². The van der Waals surface area contributed by atoms with Crippen LogP contribution >= 0.6 is 0 Å². The van der Waals surface area contributed by atoms with E-state index in [9.17, 15) is 0 Å². The van der Waals surface area contributed by atoms with E-state index in [-0.39, 0.29) is 0 Å². The standard InChI is InChI=1S/C6H12N2O/c1-5-3-9-4-8-6(5)2-7-1/h5-8H,1-4H2. The molecule has 0 bridgehead atoms. The number of hydrogen-bond donors (Lipinski definition) is 2. The molecular weight excluding hydrogens is 116 g/mol. The predicted octanol–water partition coefficient (Wildman–Crippen LogP) is -0.848. The average Bonchev–Trinajstić information content (AvgIpc) is 2.33. The summed E-state index contributed by atoms with van der Waals surface area (Å²) in [6, 6.07) is 0.679. The molecule has 0 radical (unpaired) electrons. The predicted molar refractivity (Wildman–Crippen MR) is 34.1 cm³/mol. The number of fused-ring (bicyclic) bond motifs is 1. The maximum atomic E-state index is 5.23. The fourth-order valence-corrected chi connectivity index (χ4v) is 1.52. The molecular formula is C6H12N2O. The summed E-state index contributed by atoms with van der Waals surface area (Å²) >= 11 is 0. The van der Waals surface area contributed by atoms with Crippen molar-refractivity contribution in [1.82, 2.24) is 10.6 Å². The summed E-state index contributed by atoms with van der Waals surface area (Å²) in [4.78, 5) is 0. The summed E-state index contributed by atoms with van der Waals surface area (Å²) in [5, 5.41) is 6.62. The zero-order chi connectivity index (χ0) is 6.10. The van der Waals surface area contributed by atoms with Crippen LogP contribution in [-0.2, 0) is 4.74 Å². The van der Waals surface area contributed by atoms with Crippen LogP contribution in [0.2, 0.25) is 0 Å². The van der Waals surface area contributed by atoms with Crippen molar-refractivity contribution in [3.8, 4) is 0 Å². The number of hydrogen-bond acceptors (Lipinski definition) is 3. The fraction of sp³-hybridized carbons (Fsp3) is 1.00. The van der Waals surface area contributed by atoms with Crippen LogP contribution in [0.5, 0.6) is 0 Å². The lowest BCUT2D eigenvalue weighted by molar-refractivity contribution is 0.0345. The molecule has 0 aromatic carbocycles. The van der Waals surface area contributed by atoms with Gasteiger partial charge in [0.2, 0.25) is 0 Å². The van der Waals surface area contributed by atoms with Crippen molar-refractivity contribution in [3.63, 3.8) is 0 Å². The smallest absolute Gasteiger partial charge is 0.0968 e. The van der Waals surface area contributed by atoms with Crippen molar-refractivity contribution in [1.29, 1.82) is 0 Å². The Morgan fingerprint density at radius 1 is 1.33 bits per heavy atom. The van der Waals surface area contributed by atoms with Crippen LogP contribution < -0.4 is 10.6 Å². The van der Waals surface area contributed by atoms with Crippen LogP contribution in [0.4, 0.5) is 0 Å². The van der Waals surface area contributed by atoms with Crippen LogP contribution in [0, 0.1) is 5.92 Å². The molecule has 2 N–H and O–H groups in total. The molecule has 0 saturated carbocycles. The van der Waals surface area contributed by atoms with Crippen molar-refractivity contribution in [2.24, 2.45) is 5.92 Å². The Bertz CT molecular complexity index is 95.2. The Morgan fingerprint density at radius 2 is 2.33 bits per heavy atom. The highest BCUT2D eigenvalue weighted by molar-refractivity contribution is 4.87. The van der Waals surface area contributed by atoms with Gasteiger partial charge in [-0.1, -0.05) is 0 Å². The maximum absolute atomic E-state index is 5.23. The van der Waals surface area contributed by atoms with Gasteiger partial charge in [0.05, 0.1) is 13.3 Å². The second kappa shape index (κ2) is 2.25. The van der Waals surface area contributed by atoms with Gasteiger partial charge in [0.25, 0.3) is 0 Å². The van der Waals surface area contributed by atoms with E-state index in [2.05, 4.69) is 10.6 Å². The second-order valence-electron chi connectivity index (χ2n) is 2.74. The Morgan fingerprint density at radius 3 is 3.22 bits per heavy atom. The molecule has 9 heavy (non-hydrogen) atoms. The Kier molecular flexibility index (Phi) is 1.41. The summed E-state index contributed by atoms with van der Waals surface area (Å²) in [7, 11) is 0. The van der Waals surface area contributed by atoms with Crippen molar-refractivity contribution in [3.05, 3.63) is 0 Å². The summed E-state index contributed by atoms with van der Waals surface area (Å²) in [5.74, 6) is 0.721. The molecule has 2 atom stereocenters. The van der Waals surface area contributed by atoms with Crippen molar-refractivity contribution in [2.45, 2.75) is 6.04 Å². The summed E-state index contributed by atoms with van der Waals surface area (Å²) in [5.41, 5.74) is 0. The normalized spacial score (nSPS) is 42.7. The number of ether oxygens (including phenoxy) is 1. The summed E-state index contributed by atoms with van der Waals surface area (Å²) < 4.78 is 5.23. The van der Waals surface area contributed by atoms with Crippen molar-refractivity contribution >= 4 is 0 Å². The van der Waals surface area contributed by atoms with Gasteiger partial charge in [-0.15, -0.1) is 0 Å². The number of rotatable bonds is 0. The molecule has 52 valence electrons. The zero-order valence-electron chi connectivity index (χ0n) is 5.39. The quantitative estimate of drug-likeness (QED) is 0.446. The third-order valence-electron chi connectivity index (χ3n) is 2.12. The van der Waals surface area contributed by atoms with Crippen LogP contribution in [0.3, 0.4) is 0 Å². The molecule has 3 nitrogen and oxygen atoms in total. The van der Waals surface area contributed by atoms with Crippen LogP contribution in [0.1, 0.15) is 0 Å². The van der Waals surface area contributed by atoms with E-state index in [4.69, 9.17) is 4.74 Å². The molecule has 2 saturated heterocycles. The minimum Gasteiger partial charge on any atom is -0.366 e. The van der Waals surface area contributed by atoms with Gasteiger partial charge < -0.3 is 10.1 Å². The van der Waals surface area contributed by atoms with E-state index in [1.165, 1.54) is 0 Å². The molecule has 2 heterocycles. The average molecular weight is 128 g/mol. The lowest BCUT2D eigenvalue weighted by Crippen LogP contribution is -2.44. The first kappa shape index (κ1) is 5.65. The van der Waals surface area contributed by atoms with Crippen molar-refractivity contribution in [2.75, 3.05) is 26.4 Å². The minimum absolute atomic E-state index is 0.679. The van der Waals surface area contributed by atoms with E-state index < -0.39 is 0 Å². The van der Waals surface area contributed by atoms with Crippen molar-refractivity contribution < 1.29 is 4.74 Å². The first-order valence-electron chi connectivity index (χ1n) is 3.48. The third kappa shape index (κ3) is 0.956. The lowest BCUT2D eigenvalue weighted by Gasteiger charge is -2.25. The molecule has 2 aliphatic heterocycles. The van der Waals surface area contributed by atoms with E-state index in [1.54, 1.807) is 0 Å². The van der Waals surface area contributed by atoms with E-state index in [1.807, 2.05) is 0 Å². The minimum atomic E-state index is 0.679. The van der Waals surface area contributed by atoms with Gasteiger partial charge in [-0.25, -0.2) is 0 Å². The topological polar surface area (TPSA) is 33.3 Å². The van der Waals surface area contributed by atoms with Crippen LogP contribution in [-0.4, -0.2) is 32.5 Å². The van der Waals surface area contributed by atoms with Gasteiger partial charge in [-0.3, -0.25) is 5.32 Å². The SMILES string of the molecule is C1NC2CNCC2CO1. The molecule has 2 fully saturated rings. The Balaban J connectivity index is 1.97. The first-order valence-corrected chi connectivity index (χ1v) is 3.48. The van der Waals surface area contributed by atoms with Gasteiger partial charge in [-0.2, -0.15) is 0 Å². The maximum Gasteiger partial charge on any atom is 0.0968 e. The van der Waals surface area contributed by atoms with Crippen LogP contribution in [0.25, 0.3) is 0 Å². The highest BCUT2D eigenvalue weighted by atomic mass is 16.5. The van der Waals surface area contributed by atoms with Gasteiger partial charge in [0.1, 0.15) is 0 Å². The largest absolute Gasteiger partial charge is 0.366 e. The molecule has 3 heteroatoms. The van der Waals surface area contributed by atoms with E-state index in [0.29, 0.717) is 6.04 Å². The summed E-state index contributed by atoms with van der Waals surface area (Å²) in [6.45, 7) is 3.92. The summed E-state index contributed by atoms with van der Waals surface area (Å²) in [6.07, 6.45) is 0. The number of nitrogens with one attached hydrogen (secondary N) is 2. The first-order chi connectivity index (χ1) is 4.47. The molecule has 2 rings (SSSR count). The Hall–Kier alpha value is -0.120. The van der Waals surface area contributed by atoms with Gasteiger partial charge in [0.15, 0.2) is 0 Å². The van der Waals surface area contributed by atoms with Gasteiger partial charge >= 0.3 is 0 Å². The second-order valence-corrected chi connectivity index (χ2v) is 2.74. The zero-order valence-corrected chi connectivity index (χ0v) is 5.39. The molecule has 0 spiro atoms. The fourth-order valence-electron chi connectivity index (χ4n) is 1.52.